The smallest absolute Gasteiger partial charge is 0.335 e. The van der Waals surface area contributed by atoms with Crippen molar-refractivity contribution in [2.24, 2.45) is 23.2 Å². The van der Waals surface area contributed by atoms with E-state index in [9.17, 15) is 14.7 Å². The molecular weight excluding hydrogens is 438 g/mol. The molecule has 4 fully saturated rings. The molecule has 1 heterocycles. The Balaban J connectivity index is 1.24. The number of anilines is 1. The first-order chi connectivity index (χ1) is 17.0. The first-order valence-corrected chi connectivity index (χ1v) is 13.3. The number of carbonyl (C=O) groups is 2. The van der Waals surface area contributed by atoms with Crippen molar-refractivity contribution >= 4 is 17.6 Å². The highest BCUT2D eigenvalue weighted by Gasteiger charge is 2.50. The van der Waals surface area contributed by atoms with Crippen molar-refractivity contribution in [2.45, 2.75) is 76.5 Å². The maximum Gasteiger partial charge on any atom is 0.335 e. The third-order valence-electron chi connectivity index (χ3n) is 9.11. The average Bonchev–Trinajstić information content (AvgIpc) is 3.27. The highest BCUT2D eigenvalue weighted by Crippen LogP contribution is 2.61. The number of aromatic nitrogens is 2. The number of benzene rings is 1. The van der Waals surface area contributed by atoms with Gasteiger partial charge in [-0.05, 0) is 112 Å². The maximum atomic E-state index is 13.4. The molecule has 6 heteroatoms. The number of imidazole rings is 1. The van der Waals surface area contributed by atoms with Crippen molar-refractivity contribution in [3.05, 3.63) is 59.2 Å². The van der Waals surface area contributed by atoms with E-state index in [1.54, 1.807) is 12.1 Å². The number of hydrogen-bond acceptors (Lipinski definition) is 3. The van der Waals surface area contributed by atoms with Gasteiger partial charge in [-0.15, -0.1) is 0 Å². The minimum absolute atomic E-state index is 0.154. The zero-order valence-electron chi connectivity index (χ0n) is 20.3. The van der Waals surface area contributed by atoms with E-state index >= 15 is 0 Å². The summed E-state index contributed by atoms with van der Waals surface area (Å²) in [6.07, 6.45) is 17.8. The van der Waals surface area contributed by atoms with E-state index in [0.29, 0.717) is 22.7 Å². The second-order valence-electron chi connectivity index (χ2n) is 11.7. The summed E-state index contributed by atoms with van der Waals surface area (Å²) in [5.41, 5.74) is 2.49. The molecular formula is C29H35N3O3. The van der Waals surface area contributed by atoms with Crippen LogP contribution in [-0.2, 0) is 6.42 Å². The summed E-state index contributed by atoms with van der Waals surface area (Å²) in [6.45, 7) is 0. The summed E-state index contributed by atoms with van der Waals surface area (Å²) in [5, 5.41) is 12.2. The molecule has 1 atom stereocenters. The molecule has 6 nitrogen and oxygen atoms in total. The number of rotatable bonds is 7. The Hall–Kier alpha value is -2.89. The molecule has 0 radical (unpaired) electrons. The Bertz CT molecular complexity index is 1130. The van der Waals surface area contributed by atoms with Gasteiger partial charge in [-0.3, -0.25) is 4.79 Å². The molecule has 7 rings (SSSR count). The number of amides is 1. The van der Waals surface area contributed by atoms with Crippen LogP contribution in [-0.4, -0.2) is 27.0 Å². The average molecular weight is 474 g/mol. The standard InChI is InChI=1S/C29H35N3O3/c33-27(30-23-8-4-7-22(14-23)28(34)35)25-24(31-26(32-25)21-5-2-1-3-6-21)9-10-29-15-18-11-19(16-29)13-20(12-18)17-29/h1-2,4,7-8,14,18-21H,3,5-6,9-13,15-17H2,(H,30,33)(H,31,32)(H,34,35). The van der Waals surface area contributed by atoms with Crippen molar-refractivity contribution in [3.8, 4) is 0 Å². The molecule has 0 aliphatic heterocycles. The minimum Gasteiger partial charge on any atom is -0.478 e. The lowest BCUT2D eigenvalue weighted by atomic mass is 9.48. The maximum absolute atomic E-state index is 13.4. The van der Waals surface area contributed by atoms with Crippen LogP contribution in [0.1, 0.15) is 102 Å². The minimum atomic E-state index is -1.01. The third kappa shape index (κ3) is 4.55. The second kappa shape index (κ2) is 8.96. The summed E-state index contributed by atoms with van der Waals surface area (Å²) >= 11 is 0. The van der Waals surface area contributed by atoms with E-state index in [-0.39, 0.29) is 11.5 Å². The molecule has 1 aromatic heterocycles. The Morgan fingerprint density at radius 3 is 2.49 bits per heavy atom. The topological polar surface area (TPSA) is 95.1 Å². The predicted molar refractivity (Wildman–Crippen MR) is 135 cm³/mol. The van der Waals surface area contributed by atoms with Crippen molar-refractivity contribution in [3.63, 3.8) is 0 Å². The third-order valence-corrected chi connectivity index (χ3v) is 9.11. The summed E-state index contributed by atoms with van der Waals surface area (Å²) < 4.78 is 0. The van der Waals surface area contributed by atoms with Gasteiger partial charge < -0.3 is 15.4 Å². The van der Waals surface area contributed by atoms with Gasteiger partial charge in [0.15, 0.2) is 0 Å². The van der Waals surface area contributed by atoms with Crippen LogP contribution in [0.4, 0.5) is 5.69 Å². The van der Waals surface area contributed by atoms with Crippen LogP contribution >= 0.6 is 0 Å². The van der Waals surface area contributed by atoms with Gasteiger partial charge in [-0.1, -0.05) is 18.2 Å². The normalized spacial score (nSPS) is 31.0. The number of aryl methyl sites for hydroxylation is 1. The van der Waals surface area contributed by atoms with Crippen molar-refractivity contribution in [2.75, 3.05) is 5.32 Å². The Labute approximate surface area is 206 Å². The summed E-state index contributed by atoms with van der Waals surface area (Å²) in [5.74, 6) is 2.70. The van der Waals surface area contributed by atoms with Gasteiger partial charge in [0.1, 0.15) is 11.5 Å². The second-order valence-corrected chi connectivity index (χ2v) is 11.7. The molecule has 4 saturated carbocycles. The number of carbonyl (C=O) groups excluding carboxylic acids is 1. The quantitative estimate of drug-likeness (QED) is 0.409. The van der Waals surface area contributed by atoms with Crippen LogP contribution in [0.3, 0.4) is 0 Å². The summed E-state index contributed by atoms with van der Waals surface area (Å²) in [7, 11) is 0. The van der Waals surface area contributed by atoms with Gasteiger partial charge in [-0.25, -0.2) is 9.78 Å². The molecule has 5 aliphatic rings. The van der Waals surface area contributed by atoms with Gasteiger partial charge in [0.05, 0.1) is 5.56 Å². The fraction of sp³-hybridized carbons (Fsp3) is 0.552. The van der Waals surface area contributed by atoms with Crippen molar-refractivity contribution < 1.29 is 14.7 Å². The number of allylic oxidation sites excluding steroid dienone is 2. The van der Waals surface area contributed by atoms with Crippen LogP contribution < -0.4 is 5.32 Å². The molecule has 0 saturated heterocycles. The largest absolute Gasteiger partial charge is 0.478 e. The summed E-state index contributed by atoms with van der Waals surface area (Å²) in [6, 6.07) is 6.39. The number of nitrogens with zero attached hydrogens (tertiary/aromatic N) is 1. The summed E-state index contributed by atoms with van der Waals surface area (Å²) in [4.78, 5) is 33.1. The molecule has 2 aromatic rings. The van der Waals surface area contributed by atoms with Crippen molar-refractivity contribution in [1.82, 2.24) is 9.97 Å². The monoisotopic (exact) mass is 473 g/mol. The fourth-order valence-electron chi connectivity index (χ4n) is 7.94. The molecule has 1 aromatic carbocycles. The lowest BCUT2D eigenvalue weighted by Crippen LogP contribution is -2.46. The zero-order valence-corrected chi connectivity index (χ0v) is 20.3. The van der Waals surface area contributed by atoms with Crippen LogP contribution in [0.2, 0.25) is 0 Å². The SMILES string of the molecule is O=C(O)c1cccc(NC(=O)c2nc(C3CC=CCC3)[nH]c2CCC23CC4CC(CC(C4)C2)C3)c1. The zero-order chi connectivity index (χ0) is 24.0. The van der Waals surface area contributed by atoms with Crippen LogP contribution in [0.25, 0.3) is 0 Å². The van der Waals surface area contributed by atoms with E-state index in [0.717, 1.165) is 61.4 Å². The molecule has 1 amide bonds. The highest BCUT2D eigenvalue weighted by molar-refractivity contribution is 6.04. The number of carboxylic acids is 1. The lowest BCUT2D eigenvalue weighted by molar-refractivity contribution is -0.0570. The lowest BCUT2D eigenvalue weighted by Gasteiger charge is -2.57. The molecule has 4 bridgehead atoms. The molecule has 35 heavy (non-hydrogen) atoms. The first-order valence-electron chi connectivity index (χ1n) is 13.3. The molecule has 184 valence electrons. The highest BCUT2D eigenvalue weighted by atomic mass is 16.4. The van der Waals surface area contributed by atoms with Crippen molar-refractivity contribution in [1.29, 1.82) is 0 Å². The van der Waals surface area contributed by atoms with E-state index in [4.69, 9.17) is 4.98 Å². The van der Waals surface area contributed by atoms with Gasteiger partial charge in [0.2, 0.25) is 0 Å². The molecule has 0 spiro atoms. The molecule has 3 N–H and O–H groups in total. The number of H-pyrrole nitrogens is 1. The Kier molecular flexibility index (Phi) is 5.78. The Morgan fingerprint density at radius 2 is 1.83 bits per heavy atom. The van der Waals surface area contributed by atoms with E-state index in [1.165, 1.54) is 50.7 Å². The van der Waals surface area contributed by atoms with E-state index < -0.39 is 5.97 Å². The number of nitrogens with one attached hydrogen (secondary N) is 2. The van der Waals surface area contributed by atoms with Gasteiger partial charge >= 0.3 is 5.97 Å². The number of aromatic amines is 1. The van der Waals surface area contributed by atoms with Gasteiger partial charge in [0, 0.05) is 17.3 Å². The van der Waals surface area contributed by atoms with Gasteiger partial charge in [0.25, 0.3) is 5.91 Å². The van der Waals surface area contributed by atoms with Crippen LogP contribution in [0.15, 0.2) is 36.4 Å². The van der Waals surface area contributed by atoms with Crippen LogP contribution in [0, 0.1) is 23.2 Å². The molecule has 5 aliphatic carbocycles. The molecule has 1 unspecified atom stereocenters. The number of hydrogen-bond donors (Lipinski definition) is 3. The Morgan fingerprint density at radius 1 is 1.09 bits per heavy atom. The number of aromatic carboxylic acids is 1. The van der Waals surface area contributed by atoms with E-state index in [1.807, 2.05) is 0 Å². The van der Waals surface area contributed by atoms with Gasteiger partial charge in [-0.2, -0.15) is 0 Å². The van der Waals surface area contributed by atoms with Crippen LogP contribution in [0.5, 0.6) is 0 Å². The first kappa shape index (κ1) is 22.6. The predicted octanol–water partition coefficient (Wildman–Crippen LogP) is 6.33. The van der Waals surface area contributed by atoms with E-state index in [2.05, 4.69) is 22.5 Å². The fourth-order valence-corrected chi connectivity index (χ4v) is 7.94. The number of carboxylic acid groups (broad SMARTS) is 1.